The maximum absolute atomic E-state index is 12.1. The van der Waals surface area contributed by atoms with Gasteiger partial charge in [-0.2, -0.15) is 5.26 Å². The molecule has 1 aromatic heterocycles. The van der Waals surface area contributed by atoms with Crippen molar-refractivity contribution < 1.29 is 9.90 Å². The molecule has 0 aliphatic rings. The van der Waals surface area contributed by atoms with Gasteiger partial charge in [-0.05, 0) is 55.3 Å². The van der Waals surface area contributed by atoms with Gasteiger partial charge in [0.05, 0.1) is 0 Å². The standard InChI is InChI=1S/C17H16N4O2/c1-11-5-6-19-16(7-11)20-10-13(9-18)17(23)21-15-4-3-14(22)8-12(15)2/h3-8,10,22H,1-2H3,(H,19,20)(H,21,23)/b13-10-. The van der Waals surface area contributed by atoms with Crippen molar-refractivity contribution in [3.05, 3.63) is 59.4 Å². The summed E-state index contributed by atoms with van der Waals surface area (Å²) in [6.45, 7) is 3.67. The van der Waals surface area contributed by atoms with Crippen LogP contribution in [0.2, 0.25) is 0 Å². The molecule has 1 aromatic carbocycles. The second-order valence-electron chi connectivity index (χ2n) is 4.99. The van der Waals surface area contributed by atoms with Crippen molar-refractivity contribution in [2.75, 3.05) is 10.6 Å². The number of phenols is 1. The molecular weight excluding hydrogens is 292 g/mol. The molecule has 6 heteroatoms. The Morgan fingerprint density at radius 1 is 1.30 bits per heavy atom. The number of nitrogens with zero attached hydrogens (tertiary/aromatic N) is 2. The number of amides is 1. The van der Waals surface area contributed by atoms with E-state index in [0.29, 0.717) is 17.1 Å². The molecule has 0 aliphatic heterocycles. The molecule has 2 rings (SSSR count). The second-order valence-corrected chi connectivity index (χ2v) is 4.99. The summed E-state index contributed by atoms with van der Waals surface area (Å²) in [4.78, 5) is 16.2. The highest BCUT2D eigenvalue weighted by molar-refractivity contribution is 6.07. The second kappa shape index (κ2) is 7.09. The van der Waals surface area contributed by atoms with Crippen LogP contribution in [-0.4, -0.2) is 16.0 Å². The molecule has 0 aliphatic carbocycles. The van der Waals surface area contributed by atoms with Crippen molar-refractivity contribution >= 4 is 17.4 Å². The maximum Gasteiger partial charge on any atom is 0.267 e. The summed E-state index contributed by atoms with van der Waals surface area (Å²) in [7, 11) is 0. The molecule has 0 unspecified atom stereocenters. The molecule has 116 valence electrons. The average Bonchev–Trinajstić information content (AvgIpc) is 2.51. The highest BCUT2D eigenvalue weighted by Gasteiger charge is 2.11. The number of benzene rings is 1. The Kier molecular flexibility index (Phi) is 4.95. The first-order chi connectivity index (χ1) is 11.0. The van der Waals surface area contributed by atoms with Crippen LogP contribution in [0.1, 0.15) is 11.1 Å². The molecule has 0 saturated carbocycles. The number of aryl methyl sites for hydroxylation is 2. The van der Waals surface area contributed by atoms with Crippen molar-refractivity contribution in [2.45, 2.75) is 13.8 Å². The zero-order chi connectivity index (χ0) is 16.8. The van der Waals surface area contributed by atoms with E-state index in [1.54, 1.807) is 25.3 Å². The number of pyridine rings is 1. The van der Waals surface area contributed by atoms with Crippen molar-refractivity contribution in [1.82, 2.24) is 4.98 Å². The van der Waals surface area contributed by atoms with E-state index >= 15 is 0 Å². The number of nitrogens with one attached hydrogen (secondary N) is 2. The molecule has 1 heterocycles. The number of hydrogen-bond acceptors (Lipinski definition) is 5. The molecule has 0 saturated heterocycles. The van der Waals surface area contributed by atoms with Crippen LogP contribution < -0.4 is 10.6 Å². The maximum atomic E-state index is 12.1. The summed E-state index contributed by atoms with van der Waals surface area (Å²) >= 11 is 0. The Bertz CT molecular complexity index is 806. The third kappa shape index (κ3) is 4.32. The number of nitriles is 1. The lowest BCUT2D eigenvalue weighted by atomic mass is 10.2. The lowest BCUT2D eigenvalue weighted by Gasteiger charge is -2.08. The molecule has 2 aromatic rings. The SMILES string of the molecule is Cc1ccnc(N/C=C(/C#N)C(=O)Nc2ccc(O)cc2C)c1. The molecule has 3 N–H and O–H groups in total. The van der Waals surface area contributed by atoms with Crippen molar-refractivity contribution in [3.63, 3.8) is 0 Å². The van der Waals surface area contributed by atoms with E-state index < -0.39 is 5.91 Å². The van der Waals surface area contributed by atoms with Crippen LogP contribution in [0.5, 0.6) is 5.75 Å². The van der Waals surface area contributed by atoms with Gasteiger partial charge in [0.25, 0.3) is 5.91 Å². The number of anilines is 2. The van der Waals surface area contributed by atoms with E-state index in [1.807, 2.05) is 19.1 Å². The van der Waals surface area contributed by atoms with Crippen molar-refractivity contribution in [1.29, 1.82) is 5.26 Å². The smallest absolute Gasteiger partial charge is 0.267 e. The average molecular weight is 308 g/mol. The number of phenolic OH excluding ortho intramolecular Hbond substituents is 1. The van der Waals surface area contributed by atoms with E-state index in [9.17, 15) is 9.90 Å². The zero-order valence-electron chi connectivity index (χ0n) is 12.8. The highest BCUT2D eigenvalue weighted by atomic mass is 16.3. The Hall–Kier alpha value is -3.33. The van der Waals surface area contributed by atoms with Crippen molar-refractivity contribution in [2.24, 2.45) is 0 Å². The third-order valence-electron chi connectivity index (χ3n) is 3.10. The molecule has 1 amide bonds. The molecule has 0 radical (unpaired) electrons. The lowest BCUT2D eigenvalue weighted by molar-refractivity contribution is -0.112. The Labute approximate surface area is 134 Å². The van der Waals surface area contributed by atoms with E-state index in [1.165, 1.54) is 18.3 Å². The predicted molar refractivity (Wildman–Crippen MR) is 87.8 cm³/mol. The first kappa shape index (κ1) is 16.0. The highest BCUT2D eigenvalue weighted by Crippen LogP contribution is 2.20. The van der Waals surface area contributed by atoms with Gasteiger partial charge < -0.3 is 15.7 Å². The van der Waals surface area contributed by atoms with Gasteiger partial charge in [0.15, 0.2) is 0 Å². The number of aromatic nitrogens is 1. The van der Waals surface area contributed by atoms with Gasteiger partial charge in [0.2, 0.25) is 0 Å². The quantitative estimate of drug-likeness (QED) is 0.458. The molecule has 6 nitrogen and oxygen atoms in total. The fraction of sp³-hybridized carbons (Fsp3) is 0.118. The molecule has 0 atom stereocenters. The Balaban J connectivity index is 2.12. The topological polar surface area (TPSA) is 98.0 Å². The van der Waals surface area contributed by atoms with Crippen LogP contribution in [0.3, 0.4) is 0 Å². The van der Waals surface area contributed by atoms with Gasteiger partial charge in [-0.1, -0.05) is 0 Å². The number of rotatable bonds is 4. The minimum Gasteiger partial charge on any atom is -0.508 e. The summed E-state index contributed by atoms with van der Waals surface area (Å²) in [5.74, 6) is 0.122. The van der Waals surface area contributed by atoms with E-state index in [-0.39, 0.29) is 11.3 Å². The normalized spacial score (nSPS) is 10.7. The molecule has 0 fully saturated rings. The van der Waals surface area contributed by atoms with Gasteiger partial charge in [-0.15, -0.1) is 0 Å². The van der Waals surface area contributed by atoms with Gasteiger partial charge >= 0.3 is 0 Å². The summed E-state index contributed by atoms with van der Waals surface area (Å²) in [5, 5.41) is 24.0. The predicted octanol–water partition coefficient (Wildman–Crippen LogP) is 2.86. The largest absolute Gasteiger partial charge is 0.508 e. The monoisotopic (exact) mass is 308 g/mol. The van der Waals surface area contributed by atoms with Crippen LogP contribution in [0.15, 0.2) is 48.3 Å². The zero-order valence-corrected chi connectivity index (χ0v) is 12.8. The Morgan fingerprint density at radius 3 is 2.74 bits per heavy atom. The van der Waals surface area contributed by atoms with E-state index in [0.717, 1.165) is 5.56 Å². The number of carbonyl (C=O) groups excluding carboxylic acids is 1. The number of aromatic hydroxyl groups is 1. The van der Waals surface area contributed by atoms with Gasteiger partial charge in [-0.3, -0.25) is 4.79 Å². The first-order valence-corrected chi connectivity index (χ1v) is 6.90. The number of hydrogen-bond donors (Lipinski definition) is 3. The minimum atomic E-state index is -0.540. The van der Waals surface area contributed by atoms with Crippen LogP contribution in [-0.2, 0) is 4.79 Å². The summed E-state index contributed by atoms with van der Waals surface area (Å²) in [6, 6.07) is 10.1. The lowest BCUT2D eigenvalue weighted by Crippen LogP contribution is -2.15. The summed E-state index contributed by atoms with van der Waals surface area (Å²) < 4.78 is 0. The van der Waals surface area contributed by atoms with Gasteiger partial charge in [0.1, 0.15) is 23.2 Å². The minimum absolute atomic E-state index is 0.0826. The van der Waals surface area contributed by atoms with E-state index in [4.69, 9.17) is 5.26 Å². The molecular formula is C17H16N4O2. The summed E-state index contributed by atoms with van der Waals surface area (Å²) in [6.07, 6.45) is 2.95. The molecule has 0 spiro atoms. The van der Waals surface area contributed by atoms with Crippen LogP contribution >= 0.6 is 0 Å². The molecule has 23 heavy (non-hydrogen) atoms. The third-order valence-corrected chi connectivity index (χ3v) is 3.10. The Morgan fingerprint density at radius 2 is 2.09 bits per heavy atom. The molecule has 0 bridgehead atoms. The fourth-order valence-corrected chi connectivity index (χ4v) is 1.89. The first-order valence-electron chi connectivity index (χ1n) is 6.90. The van der Waals surface area contributed by atoms with Crippen LogP contribution in [0.25, 0.3) is 0 Å². The van der Waals surface area contributed by atoms with Gasteiger partial charge in [0, 0.05) is 18.1 Å². The van der Waals surface area contributed by atoms with Gasteiger partial charge in [-0.25, -0.2) is 4.98 Å². The number of carbonyl (C=O) groups is 1. The summed E-state index contributed by atoms with van der Waals surface area (Å²) in [5.41, 5.74) is 2.16. The van der Waals surface area contributed by atoms with E-state index in [2.05, 4.69) is 15.6 Å². The van der Waals surface area contributed by atoms with Crippen molar-refractivity contribution in [3.8, 4) is 11.8 Å². The van der Waals surface area contributed by atoms with Crippen LogP contribution in [0, 0.1) is 25.2 Å². The van der Waals surface area contributed by atoms with Crippen LogP contribution in [0.4, 0.5) is 11.5 Å². The fourth-order valence-electron chi connectivity index (χ4n) is 1.89.